The van der Waals surface area contributed by atoms with E-state index in [4.69, 9.17) is 4.74 Å². The van der Waals surface area contributed by atoms with Crippen LogP contribution in [-0.4, -0.2) is 22.3 Å². The first kappa shape index (κ1) is 16.7. The Morgan fingerprint density at radius 1 is 1.33 bits per heavy atom. The van der Waals surface area contributed by atoms with Crippen LogP contribution in [0.5, 0.6) is 0 Å². The number of hydrogen-bond donors (Lipinski definition) is 1. The predicted octanol–water partition coefficient (Wildman–Crippen LogP) is 2.99. The summed E-state index contributed by atoms with van der Waals surface area (Å²) in [5.74, 6) is -0.116. The average molecular weight is 327 g/mol. The summed E-state index contributed by atoms with van der Waals surface area (Å²) in [6.45, 7) is 6.62. The van der Waals surface area contributed by atoms with Gasteiger partial charge >= 0.3 is 0 Å². The first-order valence-electron chi connectivity index (χ1n) is 8.46. The summed E-state index contributed by atoms with van der Waals surface area (Å²) in [7, 11) is 1.92. The fourth-order valence-electron chi connectivity index (χ4n) is 3.49. The van der Waals surface area contributed by atoms with Crippen molar-refractivity contribution < 1.29 is 9.53 Å². The molecule has 5 nitrogen and oxygen atoms in total. The second kappa shape index (κ2) is 6.77. The molecular formula is C19H25N3O2. The quantitative estimate of drug-likeness (QED) is 0.939. The highest BCUT2D eigenvalue weighted by atomic mass is 16.5. The van der Waals surface area contributed by atoms with Crippen LogP contribution in [0.1, 0.15) is 48.0 Å². The third kappa shape index (κ3) is 3.08. The van der Waals surface area contributed by atoms with Gasteiger partial charge in [-0.15, -0.1) is 0 Å². The maximum Gasteiger partial charge on any atom is 0.226 e. The molecule has 3 atom stereocenters. The lowest BCUT2D eigenvalue weighted by Gasteiger charge is -2.22. The molecular weight excluding hydrogens is 302 g/mol. The number of carbonyl (C=O) groups excluding carboxylic acids is 1. The molecule has 1 fully saturated rings. The van der Waals surface area contributed by atoms with E-state index in [2.05, 4.69) is 10.4 Å². The summed E-state index contributed by atoms with van der Waals surface area (Å²) in [6.07, 6.45) is 0.535. The topological polar surface area (TPSA) is 56.2 Å². The van der Waals surface area contributed by atoms with Gasteiger partial charge in [-0.05, 0) is 32.8 Å². The number of aromatic nitrogens is 2. The van der Waals surface area contributed by atoms with Crippen LogP contribution in [0, 0.1) is 19.8 Å². The van der Waals surface area contributed by atoms with Gasteiger partial charge in [0.05, 0.1) is 23.8 Å². The molecule has 0 bridgehead atoms. The van der Waals surface area contributed by atoms with E-state index in [-0.39, 0.29) is 24.0 Å². The Bertz CT molecular complexity index is 724. The summed E-state index contributed by atoms with van der Waals surface area (Å²) in [6, 6.07) is 10.00. The zero-order chi connectivity index (χ0) is 17.3. The Morgan fingerprint density at radius 3 is 2.67 bits per heavy atom. The minimum Gasteiger partial charge on any atom is -0.373 e. The molecule has 1 amide bonds. The van der Waals surface area contributed by atoms with Crippen LogP contribution in [0.4, 0.5) is 0 Å². The zero-order valence-corrected chi connectivity index (χ0v) is 14.7. The van der Waals surface area contributed by atoms with Crippen molar-refractivity contribution in [3.63, 3.8) is 0 Å². The molecule has 0 saturated carbocycles. The van der Waals surface area contributed by atoms with Crippen molar-refractivity contribution in [1.29, 1.82) is 0 Å². The number of hydrogen-bond acceptors (Lipinski definition) is 3. The number of aryl methyl sites for hydroxylation is 2. The van der Waals surface area contributed by atoms with Crippen LogP contribution in [0.3, 0.4) is 0 Å². The highest BCUT2D eigenvalue weighted by molar-refractivity contribution is 5.80. The molecule has 1 saturated heterocycles. The van der Waals surface area contributed by atoms with E-state index in [1.807, 2.05) is 62.8 Å². The van der Waals surface area contributed by atoms with Crippen LogP contribution in [0.2, 0.25) is 0 Å². The van der Waals surface area contributed by atoms with Gasteiger partial charge in [0, 0.05) is 24.9 Å². The van der Waals surface area contributed by atoms with Crippen molar-refractivity contribution in [2.24, 2.45) is 13.0 Å². The Labute approximate surface area is 143 Å². The maximum atomic E-state index is 12.8. The van der Waals surface area contributed by atoms with E-state index in [0.717, 1.165) is 28.9 Å². The Balaban J connectivity index is 1.77. The molecule has 5 heteroatoms. The molecule has 0 unspecified atom stereocenters. The molecule has 128 valence electrons. The highest BCUT2D eigenvalue weighted by Crippen LogP contribution is 2.38. The van der Waals surface area contributed by atoms with Gasteiger partial charge in [0.15, 0.2) is 0 Å². The highest BCUT2D eigenvalue weighted by Gasteiger charge is 2.38. The molecule has 0 radical (unpaired) electrons. The minimum absolute atomic E-state index is 0.0176. The summed E-state index contributed by atoms with van der Waals surface area (Å²) in [5.41, 5.74) is 4.17. The van der Waals surface area contributed by atoms with Crippen molar-refractivity contribution in [1.82, 2.24) is 15.1 Å². The third-order valence-corrected chi connectivity index (χ3v) is 4.94. The van der Waals surface area contributed by atoms with Crippen LogP contribution in [-0.2, 0) is 16.6 Å². The fraction of sp³-hybridized carbons (Fsp3) is 0.474. The number of benzene rings is 1. The lowest BCUT2D eigenvalue weighted by Crippen LogP contribution is -2.34. The monoisotopic (exact) mass is 327 g/mol. The van der Waals surface area contributed by atoms with Crippen LogP contribution < -0.4 is 5.32 Å². The molecule has 1 N–H and O–H groups in total. The third-order valence-electron chi connectivity index (χ3n) is 4.94. The van der Waals surface area contributed by atoms with Crippen molar-refractivity contribution in [2.75, 3.05) is 6.61 Å². The maximum absolute atomic E-state index is 12.8. The van der Waals surface area contributed by atoms with Gasteiger partial charge in [0.1, 0.15) is 0 Å². The summed E-state index contributed by atoms with van der Waals surface area (Å²) >= 11 is 0. The van der Waals surface area contributed by atoms with Gasteiger partial charge in [-0.25, -0.2) is 0 Å². The standard InChI is InChI=1S/C19H25N3O2/c1-12(15-8-6-5-7-9-15)20-19(23)16-10-11-24-18(16)17-13(2)21-22(4)14(17)3/h5-9,12,16,18H,10-11H2,1-4H3,(H,20,23)/t12-,16-,18-/m0/s1. The van der Waals surface area contributed by atoms with E-state index in [0.29, 0.717) is 6.61 Å². The van der Waals surface area contributed by atoms with Crippen molar-refractivity contribution in [3.05, 3.63) is 52.8 Å². The van der Waals surface area contributed by atoms with E-state index >= 15 is 0 Å². The molecule has 1 aromatic heterocycles. The van der Waals surface area contributed by atoms with E-state index < -0.39 is 0 Å². The first-order chi connectivity index (χ1) is 11.5. The van der Waals surface area contributed by atoms with Crippen LogP contribution in [0.15, 0.2) is 30.3 Å². The van der Waals surface area contributed by atoms with Gasteiger partial charge < -0.3 is 10.1 Å². The molecule has 3 rings (SSSR count). The smallest absolute Gasteiger partial charge is 0.226 e. The minimum atomic E-state index is -0.207. The summed E-state index contributed by atoms with van der Waals surface area (Å²) in [5, 5.41) is 7.60. The Morgan fingerprint density at radius 2 is 2.04 bits per heavy atom. The van der Waals surface area contributed by atoms with Gasteiger partial charge in [0.2, 0.25) is 5.91 Å². The van der Waals surface area contributed by atoms with Crippen molar-refractivity contribution in [3.8, 4) is 0 Å². The van der Waals surface area contributed by atoms with E-state index in [1.54, 1.807) is 0 Å². The SMILES string of the molecule is Cc1nn(C)c(C)c1[C@H]1OCC[C@@H]1C(=O)N[C@@H](C)c1ccccc1. The zero-order valence-electron chi connectivity index (χ0n) is 14.7. The number of rotatable bonds is 4. The van der Waals surface area contributed by atoms with Crippen LogP contribution in [0.25, 0.3) is 0 Å². The van der Waals surface area contributed by atoms with Gasteiger partial charge in [0.25, 0.3) is 0 Å². The average Bonchev–Trinajstić information content (AvgIpc) is 3.13. The van der Waals surface area contributed by atoms with Gasteiger partial charge in [-0.2, -0.15) is 5.10 Å². The lowest BCUT2D eigenvalue weighted by molar-refractivity contribution is -0.127. The molecule has 2 heterocycles. The van der Waals surface area contributed by atoms with Crippen molar-refractivity contribution >= 4 is 5.91 Å². The molecule has 1 aliphatic rings. The molecule has 0 aliphatic carbocycles. The molecule has 1 aromatic carbocycles. The fourth-order valence-corrected chi connectivity index (χ4v) is 3.49. The first-order valence-corrected chi connectivity index (χ1v) is 8.46. The lowest BCUT2D eigenvalue weighted by atomic mass is 9.92. The number of nitrogens with one attached hydrogen (secondary N) is 1. The molecule has 1 aliphatic heterocycles. The van der Waals surface area contributed by atoms with Gasteiger partial charge in [-0.3, -0.25) is 9.48 Å². The van der Waals surface area contributed by atoms with Crippen LogP contribution >= 0.6 is 0 Å². The number of nitrogens with zero attached hydrogens (tertiary/aromatic N) is 2. The molecule has 0 spiro atoms. The van der Waals surface area contributed by atoms with E-state index in [9.17, 15) is 4.79 Å². The van der Waals surface area contributed by atoms with E-state index in [1.165, 1.54) is 0 Å². The van der Waals surface area contributed by atoms with Crippen molar-refractivity contribution in [2.45, 2.75) is 39.3 Å². The van der Waals surface area contributed by atoms with Gasteiger partial charge in [-0.1, -0.05) is 30.3 Å². The Hall–Kier alpha value is -2.14. The summed E-state index contributed by atoms with van der Waals surface area (Å²) in [4.78, 5) is 12.8. The predicted molar refractivity (Wildman–Crippen MR) is 92.5 cm³/mol. The molecule has 2 aromatic rings. The largest absolute Gasteiger partial charge is 0.373 e. The second-order valence-electron chi connectivity index (χ2n) is 6.54. The normalized spacial score (nSPS) is 21.7. The number of carbonyl (C=O) groups is 1. The Kier molecular flexibility index (Phi) is 4.71. The number of amides is 1. The number of ether oxygens (including phenoxy) is 1. The molecule has 24 heavy (non-hydrogen) atoms. The second-order valence-corrected chi connectivity index (χ2v) is 6.54. The summed E-state index contributed by atoms with van der Waals surface area (Å²) < 4.78 is 7.78.